The summed E-state index contributed by atoms with van der Waals surface area (Å²) in [6, 6.07) is 16.9. The Morgan fingerprint density at radius 2 is 1.65 bits per heavy atom. The summed E-state index contributed by atoms with van der Waals surface area (Å²) < 4.78 is 9.94. The predicted molar refractivity (Wildman–Crippen MR) is 100 cm³/mol. The number of benzene rings is 2. The Labute approximate surface area is 154 Å². The molecule has 0 fully saturated rings. The maximum atomic E-state index is 12.9. The van der Waals surface area contributed by atoms with Crippen LogP contribution in [-0.4, -0.2) is 44.1 Å². The second-order valence-corrected chi connectivity index (χ2v) is 6.14. The second-order valence-electron chi connectivity index (χ2n) is 6.14. The SMILES string of the molecule is COC(=O)C(C)CN(CCc1ccccc1)C(=O)c1ccc(OC)cc1. The second kappa shape index (κ2) is 9.61. The summed E-state index contributed by atoms with van der Waals surface area (Å²) in [6.07, 6.45) is 0.719. The highest BCUT2D eigenvalue weighted by atomic mass is 16.5. The molecule has 0 saturated carbocycles. The summed E-state index contributed by atoms with van der Waals surface area (Å²) in [5.74, 6) is -0.130. The predicted octanol–water partition coefficient (Wildman–Crippen LogP) is 3.19. The third-order valence-corrected chi connectivity index (χ3v) is 4.24. The molecule has 1 unspecified atom stereocenters. The van der Waals surface area contributed by atoms with Crippen molar-refractivity contribution in [3.05, 3.63) is 65.7 Å². The van der Waals surface area contributed by atoms with E-state index >= 15 is 0 Å². The van der Waals surface area contributed by atoms with Gasteiger partial charge >= 0.3 is 5.97 Å². The fraction of sp³-hybridized carbons (Fsp3) is 0.333. The first-order valence-corrected chi connectivity index (χ1v) is 8.60. The van der Waals surface area contributed by atoms with Gasteiger partial charge in [0.05, 0.1) is 20.1 Å². The number of ether oxygens (including phenoxy) is 2. The van der Waals surface area contributed by atoms with Crippen LogP contribution in [0.1, 0.15) is 22.8 Å². The lowest BCUT2D eigenvalue weighted by molar-refractivity contribution is -0.145. The lowest BCUT2D eigenvalue weighted by Gasteiger charge is -2.25. The fourth-order valence-corrected chi connectivity index (χ4v) is 2.71. The van der Waals surface area contributed by atoms with Gasteiger partial charge in [0.1, 0.15) is 5.75 Å². The topological polar surface area (TPSA) is 55.8 Å². The molecule has 2 aromatic rings. The lowest BCUT2D eigenvalue weighted by atomic mass is 10.1. The van der Waals surface area contributed by atoms with Gasteiger partial charge in [-0.25, -0.2) is 0 Å². The summed E-state index contributed by atoms with van der Waals surface area (Å²) in [6.45, 7) is 2.60. The highest BCUT2D eigenvalue weighted by Gasteiger charge is 2.22. The van der Waals surface area contributed by atoms with E-state index in [-0.39, 0.29) is 11.9 Å². The minimum Gasteiger partial charge on any atom is -0.497 e. The molecule has 0 radical (unpaired) electrons. The van der Waals surface area contributed by atoms with E-state index in [0.29, 0.717) is 24.4 Å². The van der Waals surface area contributed by atoms with Crippen molar-refractivity contribution in [2.45, 2.75) is 13.3 Å². The maximum Gasteiger partial charge on any atom is 0.310 e. The molecular formula is C21H25NO4. The van der Waals surface area contributed by atoms with Crippen molar-refractivity contribution in [2.24, 2.45) is 5.92 Å². The first kappa shape index (κ1) is 19.5. The Balaban J connectivity index is 2.14. The molecule has 0 saturated heterocycles. The summed E-state index contributed by atoms with van der Waals surface area (Å²) in [4.78, 5) is 26.4. The molecule has 0 aliphatic heterocycles. The van der Waals surface area contributed by atoms with Crippen LogP contribution in [0.25, 0.3) is 0 Å². The van der Waals surface area contributed by atoms with Crippen molar-refractivity contribution in [1.82, 2.24) is 4.90 Å². The van der Waals surface area contributed by atoms with Crippen molar-refractivity contribution < 1.29 is 19.1 Å². The zero-order valence-corrected chi connectivity index (χ0v) is 15.5. The van der Waals surface area contributed by atoms with Crippen LogP contribution in [0.5, 0.6) is 5.75 Å². The van der Waals surface area contributed by atoms with Crippen molar-refractivity contribution in [1.29, 1.82) is 0 Å². The maximum absolute atomic E-state index is 12.9. The number of methoxy groups -OCH3 is 2. The molecule has 0 aliphatic rings. The van der Waals surface area contributed by atoms with Gasteiger partial charge in [0.15, 0.2) is 0 Å². The Morgan fingerprint density at radius 3 is 2.23 bits per heavy atom. The standard InChI is InChI=1S/C21H25NO4/c1-16(21(24)26-3)15-22(14-13-17-7-5-4-6-8-17)20(23)18-9-11-19(25-2)12-10-18/h4-12,16H,13-15H2,1-3H3. The van der Waals surface area contributed by atoms with Crippen LogP contribution in [0.4, 0.5) is 0 Å². The molecule has 26 heavy (non-hydrogen) atoms. The van der Waals surface area contributed by atoms with Gasteiger partial charge in [0, 0.05) is 18.7 Å². The van der Waals surface area contributed by atoms with Crippen LogP contribution in [0, 0.1) is 5.92 Å². The van der Waals surface area contributed by atoms with Crippen molar-refractivity contribution in [2.75, 3.05) is 27.3 Å². The minimum absolute atomic E-state index is 0.112. The van der Waals surface area contributed by atoms with Crippen LogP contribution in [-0.2, 0) is 16.0 Å². The highest BCUT2D eigenvalue weighted by Crippen LogP contribution is 2.15. The third-order valence-electron chi connectivity index (χ3n) is 4.24. The van der Waals surface area contributed by atoms with Gasteiger partial charge in [-0.15, -0.1) is 0 Å². The quantitative estimate of drug-likeness (QED) is 0.683. The van der Waals surface area contributed by atoms with E-state index in [1.807, 2.05) is 30.3 Å². The normalized spacial score (nSPS) is 11.5. The molecule has 138 valence electrons. The number of amides is 1. The Kier molecular flexibility index (Phi) is 7.21. The number of carbonyl (C=O) groups is 2. The van der Waals surface area contributed by atoms with E-state index in [1.165, 1.54) is 7.11 Å². The molecule has 0 bridgehead atoms. The zero-order valence-electron chi connectivity index (χ0n) is 15.5. The molecule has 0 heterocycles. The molecule has 5 heteroatoms. The van der Waals surface area contributed by atoms with E-state index in [4.69, 9.17) is 9.47 Å². The smallest absolute Gasteiger partial charge is 0.310 e. The summed E-state index contributed by atoms with van der Waals surface area (Å²) in [5, 5.41) is 0. The van der Waals surface area contributed by atoms with Crippen molar-refractivity contribution in [3.63, 3.8) is 0 Å². The molecule has 0 spiro atoms. The van der Waals surface area contributed by atoms with E-state index in [1.54, 1.807) is 43.2 Å². The van der Waals surface area contributed by atoms with Gasteiger partial charge in [-0.05, 0) is 36.2 Å². The van der Waals surface area contributed by atoms with E-state index in [2.05, 4.69) is 0 Å². The molecule has 2 rings (SSSR count). The van der Waals surface area contributed by atoms with Gasteiger partial charge in [-0.3, -0.25) is 9.59 Å². The molecule has 2 aromatic carbocycles. The molecule has 1 amide bonds. The lowest BCUT2D eigenvalue weighted by Crippen LogP contribution is -2.38. The zero-order chi connectivity index (χ0) is 18.9. The first-order chi connectivity index (χ1) is 12.5. The minimum atomic E-state index is -0.391. The number of nitrogens with zero attached hydrogens (tertiary/aromatic N) is 1. The van der Waals surface area contributed by atoms with Gasteiger partial charge in [0.25, 0.3) is 5.91 Å². The Morgan fingerprint density at radius 1 is 1.00 bits per heavy atom. The Hall–Kier alpha value is -2.82. The third kappa shape index (κ3) is 5.34. The number of hydrogen-bond donors (Lipinski definition) is 0. The van der Waals surface area contributed by atoms with Crippen LogP contribution >= 0.6 is 0 Å². The highest BCUT2D eigenvalue weighted by molar-refractivity contribution is 5.94. The van der Waals surface area contributed by atoms with Gasteiger partial charge in [-0.2, -0.15) is 0 Å². The van der Waals surface area contributed by atoms with Crippen LogP contribution in [0.15, 0.2) is 54.6 Å². The number of esters is 1. The summed E-state index contributed by atoms with van der Waals surface area (Å²) in [5.41, 5.74) is 1.71. The molecule has 0 N–H and O–H groups in total. The largest absolute Gasteiger partial charge is 0.497 e. The summed E-state index contributed by atoms with van der Waals surface area (Å²) in [7, 11) is 2.94. The van der Waals surface area contributed by atoms with Crippen molar-refractivity contribution in [3.8, 4) is 5.75 Å². The molecule has 0 aliphatic carbocycles. The summed E-state index contributed by atoms with van der Waals surface area (Å²) >= 11 is 0. The van der Waals surface area contributed by atoms with Crippen LogP contribution in [0.3, 0.4) is 0 Å². The number of carbonyl (C=O) groups excluding carboxylic acids is 2. The molecular weight excluding hydrogens is 330 g/mol. The van der Waals surface area contributed by atoms with E-state index in [0.717, 1.165) is 12.0 Å². The number of hydrogen-bond acceptors (Lipinski definition) is 4. The van der Waals surface area contributed by atoms with Gasteiger partial charge in [-0.1, -0.05) is 37.3 Å². The molecule has 0 aromatic heterocycles. The van der Waals surface area contributed by atoms with Crippen LogP contribution < -0.4 is 4.74 Å². The van der Waals surface area contributed by atoms with E-state index in [9.17, 15) is 9.59 Å². The number of rotatable bonds is 8. The van der Waals surface area contributed by atoms with E-state index < -0.39 is 5.92 Å². The molecule has 5 nitrogen and oxygen atoms in total. The fourth-order valence-electron chi connectivity index (χ4n) is 2.71. The monoisotopic (exact) mass is 355 g/mol. The first-order valence-electron chi connectivity index (χ1n) is 8.60. The average Bonchev–Trinajstić information content (AvgIpc) is 2.70. The van der Waals surface area contributed by atoms with Gasteiger partial charge in [0.2, 0.25) is 0 Å². The Bertz CT molecular complexity index is 713. The van der Waals surface area contributed by atoms with Gasteiger partial charge < -0.3 is 14.4 Å². The molecule has 1 atom stereocenters. The average molecular weight is 355 g/mol. The van der Waals surface area contributed by atoms with Crippen LogP contribution in [0.2, 0.25) is 0 Å². The van der Waals surface area contributed by atoms with Crippen molar-refractivity contribution >= 4 is 11.9 Å².